The minimum atomic E-state index is -4.42. The summed E-state index contributed by atoms with van der Waals surface area (Å²) in [6.07, 6.45) is -0.549. The van der Waals surface area contributed by atoms with E-state index < -0.39 is 26.8 Å². The van der Waals surface area contributed by atoms with Crippen LogP contribution in [0.5, 0.6) is 11.5 Å². The number of hydrogen-bond donors (Lipinski definition) is 1. The van der Waals surface area contributed by atoms with Crippen LogP contribution in [0.2, 0.25) is 0 Å². The molecular weight excluding hydrogens is 483 g/mol. The van der Waals surface area contributed by atoms with E-state index in [0.29, 0.717) is 31.6 Å². The Bertz CT molecular complexity index is 1360. The molecule has 5 rings (SSSR count). The van der Waals surface area contributed by atoms with E-state index in [1.165, 1.54) is 18.3 Å². The van der Waals surface area contributed by atoms with Gasteiger partial charge in [0.1, 0.15) is 17.2 Å². The zero-order chi connectivity index (χ0) is 24.8. The fraction of sp³-hybridized carbons (Fsp3) is 0.333. The number of imidazole rings is 1. The summed E-state index contributed by atoms with van der Waals surface area (Å²) in [6.45, 7) is 0.632. The molecule has 184 valence electrons. The number of fused-ring (bicyclic) bond motifs is 1. The van der Waals surface area contributed by atoms with Crippen LogP contribution in [0.15, 0.2) is 53.8 Å². The van der Waals surface area contributed by atoms with Gasteiger partial charge < -0.3 is 14.6 Å². The number of sulfone groups is 1. The fourth-order valence-corrected chi connectivity index (χ4v) is 5.96. The Hall–Kier alpha value is -3.34. The summed E-state index contributed by atoms with van der Waals surface area (Å²) >= 11 is 0. The summed E-state index contributed by atoms with van der Waals surface area (Å²) in [5.74, 6) is 0.417. The second-order valence-electron chi connectivity index (χ2n) is 8.68. The molecule has 0 saturated heterocycles. The van der Waals surface area contributed by atoms with Crippen molar-refractivity contribution < 1.29 is 31.1 Å². The molecule has 1 fully saturated rings. The normalized spacial score (nSPS) is 16.5. The van der Waals surface area contributed by atoms with Crippen molar-refractivity contribution in [2.75, 3.05) is 6.54 Å². The number of amides is 1. The number of aromatic nitrogens is 2. The quantitative estimate of drug-likeness (QED) is 0.541. The first-order valence-electron chi connectivity index (χ1n) is 11.2. The standard InChI is InChI=1S/C24H22F3N3O4S/c25-24(26,27)16-7-9-17(10-8-16)34-21-6-1-3-15-14-30(12-11-19(15)21)22(31)20-13-28-23(29-20)35(32,33)18-4-2-5-18/h1,3,6-10,13,18H,2,4-5,11-12,14H2,(H,28,29). The number of benzene rings is 2. The molecule has 1 N–H and O–H groups in total. The molecule has 0 bridgehead atoms. The summed E-state index contributed by atoms with van der Waals surface area (Å²) in [5, 5.41) is -0.614. The van der Waals surface area contributed by atoms with E-state index in [4.69, 9.17) is 4.74 Å². The highest BCUT2D eigenvalue weighted by Gasteiger charge is 2.36. The summed E-state index contributed by atoms with van der Waals surface area (Å²) in [7, 11) is -3.56. The zero-order valence-electron chi connectivity index (χ0n) is 18.5. The molecule has 1 aliphatic heterocycles. The second-order valence-corrected chi connectivity index (χ2v) is 10.8. The SMILES string of the molecule is O=C(c1c[nH]c(S(=O)(=O)C2CCC2)n1)N1CCc2c(cccc2Oc2ccc(C(F)(F)F)cc2)C1. The molecule has 0 unspecified atom stereocenters. The monoisotopic (exact) mass is 505 g/mol. The maximum atomic E-state index is 13.0. The molecule has 1 aromatic heterocycles. The molecule has 2 heterocycles. The topological polar surface area (TPSA) is 92.4 Å². The summed E-state index contributed by atoms with van der Waals surface area (Å²) < 4.78 is 69.4. The number of rotatable bonds is 5. The molecule has 0 atom stereocenters. The summed E-state index contributed by atoms with van der Waals surface area (Å²) in [6, 6.07) is 9.82. The maximum Gasteiger partial charge on any atom is 0.416 e. The molecule has 0 radical (unpaired) electrons. The van der Waals surface area contributed by atoms with Crippen LogP contribution < -0.4 is 4.74 Å². The van der Waals surface area contributed by atoms with Crippen molar-refractivity contribution in [2.45, 2.75) is 48.8 Å². The minimum absolute atomic E-state index is 0.0449. The van der Waals surface area contributed by atoms with Gasteiger partial charge in [-0.15, -0.1) is 0 Å². The van der Waals surface area contributed by atoms with E-state index in [-0.39, 0.29) is 29.1 Å². The highest BCUT2D eigenvalue weighted by atomic mass is 32.2. The number of carbonyl (C=O) groups is 1. The first-order chi connectivity index (χ1) is 16.6. The van der Waals surface area contributed by atoms with Gasteiger partial charge in [0.25, 0.3) is 5.91 Å². The van der Waals surface area contributed by atoms with E-state index in [0.717, 1.165) is 29.7 Å². The van der Waals surface area contributed by atoms with E-state index in [9.17, 15) is 26.4 Å². The lowest BCUT2D eigenvalue weighted by atomic mass is 9.98. The number of hydrogen-bond acceptors (Lipinski definition) is 5. The first-order valence-corrected chi connectivity index (χ1v) is 12.7. The number of aromatic amines is 1. The van der Waals surface area contributed by atoms with Crippen LogP contribution in [0.3, 0.4) is 0 Å². The van der Waals surface area contributed by atoms with Crippen LogP contribution in [0.1, 0.15) is 46.4 Å². The number of alkyl halides is 3. The molecular formula is C24H22F3N3O4S. The number of ether oxygens (including phenoxy) is 1. The predicted molar refractivity (Wildman–Crippen MR) is 120 cm³/mol. The smallest absolute Gasteiger partial charge is 0.416 e. The molecule has 1 saturated carbocycles. The average Bonchev–Trinajstić information content (AvgIpc) is 3.28. The Labute approximate surface area is 199 Å². The largest absolute Gasteiger partial charge is 0.457 e. The van der Waals surface area contributed by atoms with Gasteiger partial charge in [-0.2, -0.15) is 13.2 Å². The van der Waals surface area contributed by atoms with Crippen molar-refractivity contribution >= 4 is 15.7 Å². The summed E-state index contributed by atoms with van der Waals surface area (Å²) in [4.78, 5) is 21.3. The number of halogens is 3. The van der Waals surface area contributed by atoms with Gasteiger partial charge in [0.2, 0.25) is 15.0 Å². The Kier molecular flexibility index (Phi) is 5.82. The van der Waals surface area contributed by atoms with Crippen LogP contribution in [0, 0.1) is 0 Å². The van der Waals surface area contributed by atoms with E-state index >= 15 is 0 Å². The number of H-pyrrole nitrogens is 1. The Morgan fingerprint density at radius 1 is 1.11 bits per heavy atom. The van der Waals surface area contributed by atoms with E-state index in [1.807, 2.05) is 6.07 Å². The third-order valence-electron chi connectivity index (χ3n) is 6.45. The summed E-state index contributed by atoms with van der Waals surface area (Å²) in [5.41, 5.74) is 0.998. The van der Waals surface area contributed by atoms with Gasteiger partial charge in [0, 0.05) is 24.8 Å². The highest BCUT2D eigenvalue weighted by molar-refractivity contribution is 7.91. The molecule has 7 nitrogen and oxygen atoms in total. The van der Waals surface area contributed by atoms with Crippen LogP contribution in [-0.4, -0.2) is 41.0 Å². The van der Waals surface area contributed by atoms with Gasteiger partial charge >= 0.3 is 6.18 Å². The van der Waals surface area contributed by atoms with Crippen LogP contribution in [0.25, 0.3) is 0 Å². The highest BCUT2D eigenvalue weighted by Crippen LogP contribution is 2.35. The van der Waals surface area contributed by atoms with Crippen molar-refractivity contribution in [3.63, 3.8) is 0 Å². The Balaban J connectivity index is 1.30. The van der Waals surface area contributed by atoms with Crippen molar-refractivity contribution in [1.29, 1.82) is 0 Å². The van der Waals surface area contributed by atoms with Crippen molar-refractivity contribution in [2.24, 2.45) is 0 Å². The molecule has 35 heavy (non-hydrogen) atoms. The molecule has 2 aliphatic rings. The number of nitrogens with zero attached hydrogens (tertiary/aromatic N) is 2. The lowest BCUT2D eigenvalue weighted by Gasteiger charge is -2.29. The molecule has 2 aromatic carbocycles. The van der Waals surface area contributed by atoms with Crippen LogP contribution in [-0.2, 0) is 29.0 Å². The number of carbonyl (C=O) groups excluding carboxylic acids is 1. The fourth-order valence-electron chi connectivity index (χ4n) is 4.24. The molecule has 1 amide bonds. The Morgan fingerprint density at radius 2 is 1.86 bits per heavy atom. The van der Waals surface area contributed by atoms with Gasteiger partial charge in [0.15, 0.2) is 0 Å². The maximum absolute atomic E-state index is 13.0. The Morgan fingerprint density at radius 3 is 2.51 bits per heavy atom. The van der Waals surface area contributed by atoms with Crippen LogP contribution in [0.4, 0.5) is 13.2 Å². The van der Waals surface area contributed by atoms with Gasteiger partial charge in [-0.1, -0.05) is 18.6 Å². The van der Waals surface area contributed by atoms with E-state index in [2.05, 4.69) is 9.97 Å². The number of nitrogens with one attached hydrogen (secondary N) is 1. The van der Waals surface area contributed by atoms with Gasteiger partial charge in [-0.25, -0.2) is 13.4 Å². The van der Waals surface area contributed by atoms with Crippen molar-refractivity contribution in [1.82, 2.24) is 14.9 Å². The zero-order valence-corrected chi connectivity index (χ0v) is 19.3. The van der Waals surface area contributed by atoms with Gasteiger partial charge in [0.05, 0.1) is 10.8 Å². The van der Waals surface area contributed by atoms with Gasteiger partial charge in [-0.3, -0.25) is 4.79 Å². The minimum Gasteiger partial charge on any atom is -0.457 e. The first kappa shape index (κ1) is 23.4. The molecule has 11 heteroatoms. The third-order valence-corrected chi connectivity index (χ3v) is 8.55. The van der Waals surface area contributed by atoms with Crippen LogP contribution >= 0.6 is 0 Å². The predicted octanol–water partition coefficient (Wildman–Crippen LogP) is 4.75. The lowest BCUT2D eigenvalue weighted by molar-refractivity contribution is -0.137. The van der Waals surface area contributed by atoms with Crippen molar-refractivity contribution in [3.8, 4) is 11.5 Å². The lowest BCUT2D eigenvalue weighted by Crippen LogP contribution is -2.36. The molecule has 1 aliphatic carbocycles. The second kappa shape index (κ2) is 8.71. The molecule has 0 spiro atoms. The van der Waals surface area contributed by atoms with Crippen molar-refractivity contribution in [3.05, 3.63) is 71.0 Å². The van der Waals surface area contributed by atoms with Gasteiger partial charge in [-0.05, 0) is 55.2 Å². The molecule has 3 aromatic rings. The third kappa shape index (κ3) is 4.52. The van der Waals surface area contributed by atoms with E-state index in [1.54, 1.807) is 17.0 Å². The average molecular weight is 506 g/mol.